The zero-order valence-corrected chi connectivity index (χ0v) is 18.1. The van der Waals surface area contributed by atoms with Crippen molar-refractivity contribution in [2.24, 2.45) is 0 Å². The van der Waals surface area contributed by atoms with Crippen molar-refractivity contribution in [2.75, 3.05) is 0 Å². The molecule has 0 radical (unpaired) electrons. The summed E-state index contributed by atoms with van der Waals surface area (Å²) in [7, 11) is 0. The number of hydrogen-bond donors (Lipinski definition) is 0. The Kier molecular flexibility index (Phi) is 4.71. The number of ether oxygens (including phenoxy) is 1. The van der Waals surface area contributed by atoms with Crippen LogP contribution in [-0.2, 0) is 5.41 Å². The number of benzene rings is 4. The molecule has 31 heavy (non-hydrogen) atoms. The van der Waals surface area contributed by atoms with Crippen molar-refractivity contribution in [3.8, 4) is 22.6 Å². The van der Waals surface area contributed by atoms with E-state index in [9.17, 15) is 0 Å². The third-order valence-electron chi connectivity index (χ3n) is 5.78. The third kappa shape index (κ3) is 3.55. The van der Waals surface area contributed by atoms with Crippen molar-refractivity contribution in [3.63, 3.8) is 0 Å². The molecule has 0 amide bonds. The van der Waals surface area contributed by atoms with Crippen LogP contribution in [0, 0.1) is 0 Å². The summed E-state index contributed by atoms with van der Waals surface area (Å²) < 4.78 is 6.54. The van der Waals surface area contributed by atoms with Gasteiger partial charge in [0.25, 0.3) is 0 Å². The van der Waals surface area contributed by atoms with Crippen molar-refractivity contribution in [1.29, 1.82) is 0 Å². The van der Waals surface area contributed by atoms with Gasteiger partial charge in [-0.15, -0.1) is 0 Å². The van der Waals surface area contributed by atoms with Gasteiger partial charge in [-0.25, -0.2) is 0 Å². The SMILES string of the molecule is CC(C)(C)c1ccc(Oc2c3ccccc3c(-c3ccccc3)c3cnccc23)cc1. The normalized spacial score (nSPS) is 11.7. The molecule has 0 saturated carbocycles. The predicted molar refractivity (Wildman–Crippen MR) is 130 cm³/mol. The van der Waals surface area contributed by atoms with Gasteiger partial charge in [0.2, 0.25) is 0 Å². The van der Waals surface area contributed by atoms with Gasteiger partial charge in [-0.05, 0) is 45.7 Å². The molecule has 0 N–H and O–H groups in total. The van der Waals surface area contributed by atoms with Crippen molar-refractivity contribution < 1.29 is 4.74 Å². The molecule has 4 aromatic carbocycles. The average molecular weight is 404 g/mol. The van der Waals surface area contributed by atoms with E-state index in [0.717, 1.165) is 33.0 Å². The molecule has 0 spiro atoms. The molecule has 0 unspecified atom stereocenters. The van der Waals surface area contributed by atoms with Crippen LogP contribution in [0.3, 0.4) is 0 Å². The Morgan fingerprint density at radius 3 is 2.00 bits per heavy atom. The Balaban J connectivity index is 1.74. The second kappa shape index (κ2) is 7.55. The lowest BCUT2D eigenvalue weighted by Crippen LogP contribution is -2.10. The molecule has 152 valence electrons. The van der Waals surface area contributed by atoms with E-state index < -0.39 is 0 Å². The van der Waals surface area contributed by atoms with E-state index in [-0.39, 0.29) is 5.41 Å². The Bertz CT molecular complexity index is 1310. The van der Waals surface area contributed by atoms with E-state index in [1.807, 2.05) is 24.5 Å². The minimum atomic E-state index is 0.112. The monoisotopic (exact) mass is 403 g/mol. The van der Waals surface area contributed by atoms with Gasteiger partial charge in [0.05, 0.1) is 0 Å². The Labute approximate surface area is 183 Å². The zero-order valence-electron chi connectivity index (χ0n) is 18.1. The van der Waals surface area contributed by atoms with E-state index >= 15 is 0 Å². The van der Waals surface area contributed by atoms with Gasteiger partial charge in [0, 0.05) is 28.6 Å². The molecule has 0 saturated heterocycles. The van der Waals surface area contributed by atoms with Gasteiger partial charge in [0.15, 0.2) is 0 Å². The minimum absolute atomic E-state index is 0.112. The molecule has 0 aliphatic carbocycles. The lowest BCUT2D eigenvalue weighted by atomic mass is 9.87. The lowest BCUT2D eigenvalue weighted by molar-refractivity contribution is 0.492. The highest BCUT2D eigenvalue weighted by atomic mass is 16.5. The van der Waals surface area contributed by atoms with Crippen LogP contribution in [-0.4, -0.2) is 4.98 Å². The maximum absolute atomic E-state index is 6.54. The third-order valence-corrected chi connectivity index (χ3v) is 5.78. The second-order valence-electron chi connectivity index (χ2n) is 8.91. The van der Waals surface area contributed by atoms with E-state index in [2.05, 4.69) is 98.6 Å². The zero-order chi connectivity index (χ0) is 21.4. The van der Waals surface area contributed by atoms with Crippen LogP contribution >= 0.6 is 0 Å². The highest BCUT2D eigenvalue weighted by molar-refractivity contribution is 6.16. The fourth-order valence-corrected chi connectivity index (χ4v) is 4.15. The molecule has 0 aliphatic rings. The quantitative estimate of drug-likeness (QED) is 0.284. The van der Waals surface area contributed by atoms with Gasteiger partial charge >= 0.3 is 0 Å². The first-order chi connectivity index (χ1) is 15.0. The van der Waals surface area contributed by atoms with E-state index in [0.29, 0.717) is 0 Å². The predicted octanol–water partition coefficient (Wildman–Crippen LogP) is 8.14. The number of nitrogens with zero attached hydrogens (tertiary/aromatic N) is 1. The summed E-state index contributed by atoms with van der Waals surface area (Å²) in [6, 6.07) is 29.4. The molecular formula is C29H25NO. The van der Waals surface area contributed by atoms with Gasteiger partial charge in [-0.1, -0.05) is 87.5 Å². The largest absolute Gasteiger partial charge is 0.456 e. The van der Waals surface area contributed by atoms with Crippen LogP contribution in [0.1, 0.15) is 26.3 Å². The first-order valence-corrected chi connectivity index (χ1v) is 10.6. The maximum Gasteiger partial charge on any atom is 0.143 e. The number of pyridine rings is 1. The summed E-state index contributed by atoms with van der Waals surface area (Å²) in [4.78, 5) is 4.44. The molecule has 5 aromatic rings. The molecule has 0 bridgehead atoms. The molecule has 0 atom stereocenters. The van der Waals surface area contributed by atoms with Gasteiger partial charge in [-0.3, -0.25) is 4.98 Å². The first-order valence-electron chi connectivity index (χ1n) is 10.6. The lowest BCUT2D eigenvalue weighted by Gasteiger charge is -2.20. The minimum Gasteiger partial charge on any atom is -0.456 e. The number of aromatic nitrogens is 1. The number of rotatable bonds is 3. The number of hydrogen-bond acceptors (Lipinski definition) is 2. The van der Waals surface area contributed by atoms with E-state index in [1.54, 1.807) is 0 Å². The molecule has 1 aromatic heterocycles. The summed E-state index contributed by atoms with van der Waals surface area (Å²) >= 11 is 0. The highest BCUT2D eigenvalue weighted by Crippen LogP contribution is 2.44. The van der Waals surface area contributed by atoms with Crippen LogP contribution in [0.5, 0.6) is 11.5 Å². The van der Waals surface area contributed by atoms with E-state index in [4.69, 9.17) is 4.74 Å². The summed E-state index contributed by atoms with van der Waals surface area (Å²) in [6.07, 6.45) is 3.78. The standard InChI is InChI=1S/C29H25NO/c1-29(2,3)21-13-15-22(16-14-21)31-28-24-12-8-7-11-23(24)27(20-9-5-4-6-10-20)26-19-30-18-17-25(26)28/h4-19H,1-3H3. The van der Waals surface area contributed by atoms with Gasteiger partial charge in [0.1, 0.15) is 11.5 Å². The summed E-state index contributed by atoms with van der Waals surface area (Å²) in [5, 5.41) is 4.41. The van der Waals surface area contributed by atoms with Gasteiger partial charge < -0.3 is 4.74 Å². The van der Waals surface area contributed by atoms with Gasteiger partial charge in [-0.2, -0.15) is 0 Å². The summed E-state index contributed by atoms with van der Waals surface area (Å²) in [5.41, 5.74) is 3.77. The van der Waals surface area contributed by atoms with E-state index in [1.165, 1.54) is 16.7 Å². The Hall–Kier alpha value is -3.65. The second-order valence-corrected chi connectivity index (χ2v) is 8.91. The van der Waals surface area contributed by atoms with Crippen LogP contribution in [0.4, 0.5) is 0 Å². The first kappa shape index (κ1) is 19.3. The smallest absolute Gasteiger partial charge is 0.143 e. The fourth-order valence-electron chi connectivity index (χ4n) is 4.15. The topological polar surface area (TPSA) is 22.1 Å². The molecule has 2 nitrogen and oxygen atoms in total. The molecule has 1 heterocycles. The molecule has 0 fully saturated rings. The maximum atomic E-state index is 6.54. The fraction of sp³-hybridized carbons (Fsp3) is 0.138. The van der Waals surface area contributed by atoms with Crippen molar-refractivity contribution >= 4 is 21.5 Å². The number of fused-ring (bicyclic) bond motifs is 2. The molecule has 0 aliphatic heterocycles. The van der Waals surface area contributed by atoms with Crippen LogP contribution < -0.4 is 4.74 Å². The van der Waals surface area contributed by atoms with Crippen molar-refractivity contribution in [1.82, 2.24) is 4.98 Å². The summed E-state index contributed by atoms with van der Waals surface area (Å²) in [5.74, 6) is 1.71. The molecule has 2 heteroatoms. The molecular weight excluding hydrogens is 378 g/mol. The van der Waals surface area contributed by atoms with Crippen molar-refractivity contribution in [3.05, 3.63) is 103 Å². The molecule has 5 rings (SSSR count). The van der Waals surface area contributed by atoms with Crippen LogP contribution in [0.2, 0.25) is 0 Å². The highest BCUT2D eigenvalue weighted by Gasteiger charge is 2.17. The average Bonchev–Trinajstić information content (AvgIpc) is 2.79. The van der Waals surface area contributed by atoms with Crippen LogP contribution in [0.25, 0.3) is 32.7 Å². The van der Waals surface area contributed by atoms with Crippen LogP contribution in [0.15, 0.2) is 97.3 Å². The Morgan fingerprint density at radius 2 is 1.29 bits per heavy atom. The Morgan fingerprint density at radius 1 is 0.645 bits per heavy atom. The van der Waals surface area contributed by atoms with Crippen molar-refractivity contribution in [2.45, 2.75) is 26.2 Å². The summed E-state index contributed by atoms with van der Waals surface area (Å²) in [6.45, 7) is 6.66.